The zero-order chi connectivity index (χ0) is 28.1. The number of carbonyl (C=O) groups excluding carboxylic acids is 2. The highest BCUT2D eigenvalue weighted by Crippen LogP contribution is 2.46. The number of benzene rings is 2. The minimum absolute atomic E-state index is 0.0894. The quantitative estimate of drug-likeness (QED) is 0.333. The van der Waals surface area contributed by atoms with Crippen LogP contribution in [0.5, 0.6) is 11.5 Å². The van der Waals surface area contributed by atoms with Crippen LogP contribution < -0.4 is 14.8 Å². The molecule has 40 heavy (non-hydrogen) atoms. The van der Waals surface area contributed by atoms with Gasteiger partial charge in [-0.3, -0.25) is 4.79 Å². The Kier molecular flexibility index (Phi) is 8.26. The lowest BCUT2D eigenvalue weighted by Gasteiger charge is -2.36. The van der Waals surface area contributed by atoms with E-state index < -0.39 is 12.0 Å². The lowest BCUT2D eigenvalue weighted by molar-refractivity contribution is -0.136. The summed E-state index contributed by atoms with van der Waals surface area (Å²) in [4.78, 5) is 32.5. The van der Waals surface area contributed by atoms with Gasteiger partial charge in [-0.05, 0) is 47.7 Å². The predicted octanol–water partition coefficient (Wildman–Crippen LogP) is 5.32. The molecule has 9 nitrogen and oxygen atoms in total. The molecule has 10 heteroatoms. The summed E-state index contributed by atoms with van der Waals surface area (Å²) in [7, 11) is 2.92. The molecule has 0 bridgehead atoms. The fraction of sp³-hybridized carbons (Fsp3) is 0.233. The maximum absolute atomic E-state index is 13.0. The van der Waals surface area contributed by atoms with E-state index in [1.165, 1.54) is 18.9 Å². The van der Waals surface area contributed by atoms with Crippen molar-refractivity contribution in [1.29, 1.82) is 0 Å². The first-order valence-electron chi connectivity index (χ1n) is 12.6. The van der Waals surface area contributed by atoms with Crippen LogP contribution in [0, 0.1) is 0 Å². The van der Waals surface area contributed by atoms with Crippen molar-refractivity contribution in [1.82, 2.24) is 10.2 Å². The number of nitrogens with one attached hydrogen (secondary N) is 1. The predicted molar refractivity (Wildman–Crippen MR) is 151 cm³/mol. The molecular weight excluding hydrogens is 530 g/mol. The summed E-state index contributed by atoms with van der Waals surface area (Å²) in [6.45, 7) is 2.45. The van der Waals surface area contributed by atoms with E-state index in [2.05, 4.69) is 10.3 Å². The Hall–Kier alpha value is -4.44. The highest BCUT2D eigenvalue weighted by atomic mass is 32.2. The molecule has 5 rings (SSSR count). The molecule has 0 unspecified atom stereocenters. The second-order valence-corrected chi connectivity index (χ2v) is 9.94. The Bertz CT molecular complexity index is 1480. The number of thioether (sulfide) groups is 1. The molecule has 0 spiro atoms. The van der Waals surface area contributed by atoms with Crippen molar-refractivity contribution < 1.29 is 28.2 Å². The number of aliphatic imine (C=N–C) groups is 1. The van der Waals surface area contributed by atoms with Gasteiger partial charge in [-0.25, -0.2) is 9.79 Å². The minimum atomic E-state index is -0.587. The topological polar surface area (TPSA) is 103 Å². The monoisotopic (exact) mass is 559 g/mol. The van der Waals surface area contributed by atoms with E-state index in [1.807, 2.05) is 58.8 Å². The van der Waals surface area contributed by atoms with Crippen LogP contribution in [-0.2, 0) is 27.5 Å². The van der Waals surface area contributed by atoms with Crippen LogP contribution in [0.1, 0.15) is 36.3 Å². The first kappa shape index (κ1) is 27.1. The SMILES string of the molecule is COC(=O)C1=C(C)N=C2SC=C(CC(=O)NCc3ccco3)N2[C@@H]1c1ccc(OCc2ccccc2)c(OC)c1. The molecule has 2 aromatic carbocycles. The summed E-state index contributed by atoms with van der Waals surface area (Å²) >= 11 is 1.41. The standard InChI is InChI=1S/C30H29N3O6S/c1-19-27(29(35)37-3)28(21-11-12-24(25(14-21)36-2)39-17-20-8-5-4-6-9-20)33-22(18-40-30(33)32-19)15-26(34)31-16-23-10-7-13-38-23/h4-14,18,28H,15-17H2,1-3H3,(H,31,34)/t28-/m1/s1. The van der Waals surface area contributed by atoms with Crippen molar-refractivity contribution in [3.8, 4) is 11.5 Å². The number of hydrogen-bond acceptors (Lipinski definition) is 9. The zero-order valence-electron chi connectivity index (χ0n) is 22.4. The molecule has 0 aliphatic carbocycles. The number of amidine groups is 1. The number of hydrogen-bond donors (Lipinski definition) is 1. The van der Waals surface area contributed by atoms with Gasteiger partial charge in [-0.15, -0.1) is 0 Å². The Morgan fingerprint density at radius 1 is 1.07 bits per heavy atom. The lowest BCUT2D eigenvalue weighted by Crippen LogP contribution is -2.37. The van der Waals surface area contributed by atoms with Gasteiger partial charge in [0.2, 0.25) is 5.91 Å². The van der Waals surface area contributed by atoms with E-state index in [-0.39, 0.29) is 18.9 Å². The van der Waals surface area contributed by atoms with Crippen molar-refractivity contribution >= 4 is 28.8 Å². The molecule has 0 saturated heterocycles. The Balaban J connectivity index is 1.43. The fourth-order valence-corrected chi connectivity index (χ4v) is 5.56. The number of esters is 1. The van der Waals surface area contributed by atoms with Crippen molar-refractivity contribution in [2.24, 2.45) is 4.99 Å². The second kappa shape index (κ2) is 12.2. The normalized spacial score (nSPS) is 16.2. The van der Waals surface area contributed by atoms with E-state index in [0.29, 0.717) is 46.0 Å². The maximum atomic E-state index is 13.0. The molecule has 1 aromatic heterocycles. The molecule has 0 radical (unpaired) electrons. The summed E-state index contributed by atoms with van der Waals surface area (Å²) in [5, 5.41) is 5.44. The number of amides is 1. The van der Waals surface area contributed by atoms with Crippen molar-refractivity contribution in [2.75, 3.05) is 14.2 Å². The van der Waals surface area contributed by atoms with Gasteiger partial charge in [0.05, 0.1) is 50.8 Å². The molecule has 1 N–H and O–H groups in total. The number of fused-ring (bicyclic) bond motifs is 1. The third-order valence-electron chi connectivity index (χ3n) is 6.53. The van der Waals surface area contributed by atoms with E-state index in [1.54, 1.807) is 32.4 Å². The van der Waals surface area contributed by atoms with Gasteiger partial charge in [-0.1, -0.05) is 48.2 Å². The lowest BCUT2D eigenvalue weighted by atomic mass is 9.93. The van der Waals surface area contributed by atoms with Crippen molar-refractivity contribution in [2.45, 2.75) is 32.5 Å². The first-order chi connectivity index (χ1) is 19.5. The Morgan fingerprint density at radius 2 is 1.90 bits per heavy atom. The summed E-state index contributed by atoms with van der Waals surface area (Å²) < 4.78 is 22.2. The van der Waals surface area contributed by atoms with Gasteiger partial charge in [0.15, 0.2) is 16.7 Å². The van der Waals surface area contributed by atoms with Crippen molar-refractivity contribution in [3.63, 3.8) is 0 Å². The van der Waals surface area contributed by atoms with Crippen LogP contribution in [0.4, 0.5) is 0 Å². The van der Waals surface area contributed by atoms with Gasteiger partial charge >= 0.3 is 5.97 Å². The molecule has 0 saturated carbocycles. The number of nitrogens with zero attached hydrogens (tertiary/aromatic N) is 2. The molecule has 2 aliphatic rings. The highest BCUT2D eigenvalue weighted by Gasteiger charge is 2.41. The van der Waals surface area contributed by atoms with Crippen LogP contribution in [0.15, 0.2) is 98.7 Å². The van der Waals surface area contributed by atoms with Gasteiger partial charge in [0.1, 0.15) is 12.4 Å². The number of furan rings is 1. The summed E-state index contributed by atoms with van der Waals surface area (Å²) in [6, 6.07) is 18.4. The molecule has 2 aliphatic heterocycles. The second-order valence-electron chi connectivity index (χ2n) is 9.10. The molecule has 3 heterocycles. The van der Waals surface area contributed by atoms with Gasteiger partial charge in [0, 0.05) is 5.70 Å². The molecule has 3 aromatic rings. The average Bonchev–Trinajstić information content (AvgIpc) is 3.64. The summed E-state index contributed by atoms with van der Waals surface area (Å²) in [5.74, 6) is 1.08. The molecule has 1 amide bonds. The maximum Gasteiger partial charge on any atom is 0.338 e. The highest BCUT2D eigenvalue weighted by molar-refractivity contribution is 8.16. The van der Waals surface area contributed by atoms with Crippen LogP contribution in [-0.4, -0.2) is 36.2 Å². The van der Waals surface area contributed by atoms with E-state index in [0.717, 1.165) is 11.1 Å². The smallest absolute Gasteiger partial charge is 0.338 e. The number of allylic oxidation sites excluding steroid dienone is 1. The van der Waals surface area contributed by atoms with Gasteiger partial charge < -0.3 is 28.8 Å². The Labute approximate surface area is 236 Å². The Morgan fingerprint density at radius 3 is 2.62 bits per heavy atom. The summed E-state index contributed by atoms with van der Waals surface area (Å²) in [5.41, 5.74) is 3.44. The molecule has 1 atom stereocenters. The van der Waals surface area contributed by atoms with Crippen LogP contribution in [0.25, 0.3) is 0 Å². The third kappa shape index (κ3) is 5.76. The van der Waals surface area contributed by atoms with E-state index >= 15 is 0 Å². The number of rotatable bonds is 10. The zero-order valence-corrected chi connectivity index (χ0v) is 23.2. The largest absolute Gasteiger partial charge is 0.493 e. The summed E-state index contributed by atoms with van der Waals surface area (Å²) in [6.07, 6.45) is 1.65. The number of methoxy groups -OCH3 is 2. The van der Waals surface area contributed by atoms with Crippen LogP contribution in [0.2, 0.25) is 0 Å². The average molecular weight is 560 g/mol. The fourth-order valence-electron chi connectivity index (χ4n) is 4.59. The van der Waals surface area contributed by atoms with Crippen LogP contribution >= 0.6 is 11.8 Å². The first-order valence-corrected chi connectivity index (χ1v) is 13.5. The molecular formula is C30H29N3O6S. The van der Waals surface area contributed by atoms with Crippen molar-refractivity contribution in [3.05, 3.63) is 106 Å². The number of ether oxygens (including phenoxy) is 3. The molecule has 0 fully saturated rings. The minimum Gasteiger partial charge on any atom is -0.493 e. The third-order valence-corrected chi connectivity index (χ3v) is 7.42. The van der Waals surface area contributed by atoms with E-state index in [9.17, 15) is 9.59 Å². The van der Waals surface area contributed by atoms with Crippen LogP contribution in [0.3, 0.4) is 0 Å². The van der Waals surface area contributed by atoms with E-state index in [4.69, 9.17) is 18.6 Å². The van der Waals surface area contributed by atoms with Gasteiger partial charge in [0.25, 0.3) is 0 Å². The number of carbonyl (C=O) groups is 2. The molecule has 206 valence electrons. The van der Waals surface area contributed by atoms with Gasteiger partial charge in [-0.2, -0.15) is 0 Å².